The molecule has 0 spiro atoms. The predicted octanol–water partition coefficient (Wildman–Crippen LogP) is 3.74. The zero-order valence-corrected chi connectivity index (χ0v) is 13.5. The molecule has 1 unspecified atom stereocenters. The van der Waals surface area contributed by atoms with Crippen molar-refractivity contribution in [2.75, 3.05) is 13.1 Å². The second-order valence-electron chi connectivity index (χ2n) is 5.99. The van der Waals surface area contributed by atoms with Crippen molar-refractivity contribution >= 4 is 29.1 Å². The van der Waals surface area contributed by atoms with Gasteiger partial charge in [0.05, 0.1) is 0 Å². The molecule has 5 heteroatoms. The fourth-order valence-corrected chi connectivity index (χ4v) is 3.47. The van der Waals surface area contributed by atoms with Gasteiger partial charge in [-0.2, -0.15) is 0 Å². The molecule has 1 aromatic carbocycles. The highest BCUT2D eigenvalue weighted by atomic mass is 35.5. The van der Waals surface area contributed by atoms with E-state index in [9.17, 15) is 4.79 Å². The van der Waals surface area contributed by atoms with Gasteiger partial charge in [-0.05, 0) is 50.4 Å². The van der Waals surface area contributed by atoms with Crippen LogP contribution in [0.5, 0.6) is 0 Å². The Morgan fingerprint density at radius 2 is 1.86 bits per heavy atom. The minimum absolute atomic E-state index is 0.0503. The van der Waals surface area contributed by atoms with Gasteiger partial charge in [-0.15, -0.1) is 0 Å². The molecule has 1 aromatic rings. The highest BCUT2D eigenvalue weighted by Crippen LogP contribution is 2.30. The lowest BCUT2D eigenvalue weighted by Gasteiger charge is -2.31. The molecule has 1 saturated heterocycles. The van der Waals surface area contributed by atoms with E-state index in [0.29, 0.717) is 27.7 Å². The molecule has 3 rings (SSSR count). The lowest BCUT2D eigenvalue weighted by Crippen LogP contribution is -2.46. The zero-order valence-electron chi connectivity index (χ0n) is 11.9. The van der Waals surface area contributed by atoms with Gasteiger partial charge in [0.25, 0.3) is 5.91 Å². The minimum atomic E-state index is 0.0503. The lowest BCUT2D eigenvalue weighted by molar-refractivity contribution is 0.0718. The van der Waals surface area contributed by atoms with Crippen LogP contribution in [-0.4, -0.2) is 36.0 Å². The lowest BCUT2D eigenvalue weighted by atomic mass is 10.0. The fourth-order valence-electron chi connectivity index (χ4n) is 2.94. The van der Waals surface area contributed by atoms with Crippen molar-refractivity contribution in [1.82, 2.24) is 10.2 Å². The molecule has 3 nitrogen and oxygen atoms in total. The zero-order chi connectivity index (χ0) is 14.8. The summed E-state index contributed by atoms with van der Waals surface area (Å²) in [5.41, 5.74) is 0.593. The Morgan fingerprint density at radius 1 is 1.14 bits per heavy atom. The van der Waals surface area contributed by atoms with Crippen molar-refractivity contribution in [1.29, 1.82) is 0 Å². The van der Waals surface area contributed by atoms with Crippen molar-refractivity contribution in [3.05, 3.63) is 33.8 Å². The molecule has 1 atom stereocenters. The van der Waals surface area contributed by atoms with Crippen LogP contribution < -0.4 is 5.32 Å². The van der Waals surface area contributed by atoms with Gasteiger partial charge in [-0.1, -0.05) is 29.6 Å². The summed E-state index contributed by atoms with van der Waals surface area (Å²) in [7, 11) is 0. The second kappa shape index (κ2) is 6.55. The number of carbonyl (C=O) groups excluding carboxylic acids is 1. The van der Waals surface area contributed by atoms with Crippen LogP contribution in [0.1, 0.15) is 42.5 Å². The van der Waals surface area contributed by atoms with Crippen molar-refractivity contribution in [3.8, 4) is 0 Å². The number of nitrogens with one attached hydrogen (secondary N) is 1. The molecule has 2 fully saturated rings. The summed E-state index contributed by atoms with van der Waals surface area (Å²) in [5.74, 6) is 0.0503. The van der Waals surface area contributed by atoms with Crippen LogP contribution in [0.2, 0.25) is 10.0 Å². The molecule has 1 N–H and O–H groups in total. The Hall–Kier alpha value is -0.770. The number of hydrogen-bond acceptors (Lipinski definition) is 2. The van der Waals surface area contributed by atoms with Crippen LogP contribution in [0.4, 0.5) is 0 Å². The molecule has 2 aliphatic rings. The number of carbonyl (C=O) groups is 1. The molecule has 1 saturated carbocycles. The number of nitrogens with zero attached hydrogens (tertiary/aromatic N) is 1. The van der Waals surface area contributed by atoms with Crippen LogP contribution in [0, 0.1) is 0 Å². The Bertz CT molecular complexity index is 505. The maximum Gasteiger partial charge on any atom is 0.254 e. The predicted molar refractivity (Wildman–Crippen MR) is 86.2 cm³/mol. The Balaban J connectivity index is 1.74. The fraction of sp³-hybridized carbons (Fsp3) is 0.562. The molecule has 21 heavy (non-hydrogen) atoms. The van der Waals surface area contributed by atoms with E-state index in [-0.39, 0.29) is 5.91 Å². The third-order valence-electron chi connectivity index (χ3n) is 4.19. The Morgan fingerprint density at radius 3 is 2.43 bits per heavy atom. The van der Waals surface area contributed by atoms with Crippen molar-refractivity contribution in [2.45, 2.75) is 44.2 Å². The standard InChI is InChI=1S/C16H20Cl2N2O/c17-12-7-11(8-13(18)9-12)16(21)20(15-4-5-15)10-14-3-1-2-6-19-14/h7-9,14-15,19H,1-6,10H2. The van der Waals surface area contributed by atoms with Crippen molar-refractivity contribution in [3.63, 3.8) is 0 Å². The highest BCUT2D eigenvalue weighted by Gasteiger charge is 2.34. The highest BCUT2D eigenvalue weighted by molar-refractivity contribution is 6.35. The van der Waals surface area contributed by atoms with Crippen LogP contribution in [0.25, 0.3) is 0 Å². The normalized spacial score (nSPS) is 22.1. The smallest absolute Gasteiger partial charge is 0.254 e. The SMILES string of the molecule is O=C(c1cc(Cl)cc(Cl)c1)N(CC1CCCCN1)C1CC1. The third kappa shape index (κ3) is 3.91. The third-order valence-corrected chi connectivity index (χ3v) is 4.62. The second-order valence-corrected chi connectivity index (χ2v) is 6.87. The van der Waals surface area contributed by atoms with Crippen LogP contribution in [-0.2, 0) is 0 Å². The summed E-state index contributed by atoms with van der Waals surface area (Å²) in [6.07, 6.45) is 5.83. The van der Waals surface area contributed by atoms with E-state index >= 15 is 0 Å². The Labute approximate surface area is 135 Å². The quantitative estimate of drug-likeness (QED) is 0.914. The maximum absolute atomic E-state index is 12.8. The van der Waals surface area contributed by atoms with E-state index < -0.39 is 0 Å². The van der Waals surface area contributed by atoms with Gasteiger partial charge in [0.1, 0.15) is 0 Å². The number of halogens is 2. The molecule has 0 radical (unpaired) electrons. The van der Waals surface area contributed by atoms with Gasteiger partial charge >= 0.3 is 0 Å². The van der Waals surface area contributed by atoms with Gasteiger partial charge in [0.2, 0.25) is 0 Å². The molecular formula is C16H20Cl2N2O. The van der Waals surface area contributed by atoms with Gasteiger partial charge in [-0.3, -0.25) is 4.79 Å². The number of rotatable bonds is 4. The largest absolute Gasteiger partial charge is 0.334 e. The van der Waals surface area contributed by atoms with Gasteiger partial charge < -0.3 is 10.2 Å². The van der Waals surface area contributed by atoms with Crippen LogP contribution in [0.15, 0.2) is 18.2 Å². The topological polar surface area (TPSA) is 32.3 Å². The summed E-state index contributed by atoms with van der Waals surface area (Å²) >= 11 is 12.0. The van der Waals surface area contributed by atoms with Gasteiger partial charge in [0.15, 0.2) is 0 Å². The molecule has 1 heterocycles. The number of piperidine rings is 1. The first-order valence-electron chi connectivity index (χ1n) is 7.64. The number of benzene rings is 1. The maximum atomic E-state index is 12.8. The van der Waals surface area contributed by atoms with E-state index in [2.05, 4.69) is 5.32 Å². The van der Waals surface area contributed by atoms with Crippen LogP contribution >= 0.6 is 23.2 Å². The number of amides is 1. The van der Waals surface area contributed by atoms with E-state index in [1.54, 1.807) is 18.2 Å². The summed E-state index contributed by atoms with van der Waals surface area (Å²) < 4.78 is 0. The first-order chi connectivity index (χ1) is 10.1. The first kappa shape index (κ1) is 15.1. The first-order valence-corrected chi connectivity index (χ1v) is 8.39. The summed E-state index contributed by atoms with van der Waals surface area (Å²) in [4.78, 5) is 14.8. The number of hydrogen-bond donors (Lipinski definition) is 1. The van der Waals surface area contributed by atoms with E-state index in [0.717, 1.165) is 32.4 Å². The molecule has 1 aliphatic carbocycles. The molecule has 114 valence electrons. The average molecular weight is 327 g/mol. The minimum Gasteiger partial charge on any atom is -0.334 e. The molecule has 1 amide bonds. The van der Waals surface area contributed by atoms with Crippen LogP contribution in [0.3, 0.4) is 0 Å². The van der Waals surface area contributed by atoms with E-state index in [1.165, 1.54) is 12.8 Å². The molecule has 0 bridgehead atoms. The van der Waals surface area contributed by atoms with E-state index in [1.807, 2.05) is 4.90 Å². The molecular weight excluding hydrogens is 307 g/mol. The van der Waals surface area contributed by atoms with Crippen molar-refractivity contribution in [2.24, 2.45) is 0 Å². The Kier molecular flexibility index (Phi) is 4.72. The van der Waals surface area contributed by atoms with Gasteiger partial charge in [0, 0.05) is 34.2 Å². The van der Waals surface area contributed by atoms with Gasteiger partial charge in [-0.25, -0.2) is 0 Å². The average Bonchev–Trinajstić information content (AvgIpc) is 3.29. The summed E-state index contributed by atoms with van der Waals surface area (Å²) in [6.45, 7) is 1.84. The van der Waals surface area contributed by atoms with E-state index in [4.69, 9.17) is 23.2 Å². The summed E-state index contributed by atoms with van der Waals surface area (Å²) in [5, 5.41) is 4.54. The monoisotopic (exact) mass is 326 g/mol. The van der Waals surface area contributed by atoms with Crippen molar-refractivity contribution < 1.29 is 4.79 Å². The molecule has 0 aromatic heterocycles. The summed E-state index contributed by atoms with van der Waals surface area (Å²) in [6, 6.07) is 5.88. The molecule has 1 aliphatic heterocycles.